The molecule has 42 heavy (non-hydrogen) atoms. The Morgan fingerprint density at radius 1 is 0.690 bits per heavy atom. The topological polar surface area (TPSA) is 61.8 Å². The molecule has 0 aliphatic carbocycles. The highest BCUT2D eigenvalue weighted by Gasteiger charge is 2.30. The Morgan fingerprint density at radius 2 is 1.10 bits per heavy atom. The molecule has 5 nitrogen and oxygen atoms in total. The molecule has 0 aromatic heterocycles. The van der Waals surface area contributed by atoms with Gasteiger partial charge in [-0.3, -0.25) is 4.90 Å². The standard InChI is InChI=1S/C37H44N2O3/c1-37(2,3)42-36(41)38-33(24-29-16-8-4-9-17-29)26-35(40)34(25-30-18-10-5-11-19-30)39(27-31-20-12-6-13-21-31)28-32-22-14-7-15-23-32/h4-23,33-35,40H,24-28H2,1-3H3,(H,38,41)/t33-,34-,35-/m1/s1. The van der Waals surface area contributed by atoms with Crippen molar-refractivity contribution < 1.29 is 14.6 Å². The van der Waals surface area contributed by atoms with Gasteiger partial charge in [-0.05, 0) is 62.3 Å². The summed E-state index contributed by atoms with van der Waals surface area (Å²) in [5, 5.41) is 15.1. The number of carbonyl (C=O) groups is 1. The largest absolute Gasteiger partial charge is 0.444 e. The van der Waals surface area contributed by atoms with Gasteiger partial charge in [-0.25, -0.2) is 4.79 Å². The first-order valence-corrected chi connectivity index (χ1v) is 14.8. The quantitative estimate of drug-likeness (QED) is 0.180. The summed E-state index contributed by atoms with van der Waals surface area (Å²) in [6.45, 7) is 6.94. The SMILES string of the molecule is CC(C)(C)OC(=O)N[C@H](Cc1ccccc1)C[C@@H](O)[C@@H](Cc1ccccc1)N(Cc1ccccc1)Cc1ccccc1. The number of amides is 1. The summed E-state index contributed by atoms with van der Waals surface area (Å²) in [7, 11) is 0. The molecule has 220 valence electrons. The van der Waals surface area contributed by atoms with Gasteiger partial charge in [0.2, 0.25) is 0 Å². The van der Waals surface area contributed by atoms with Gasteiger partial charge in [-0.15, -0.1) is 0 Å². The lowest BCUT2D eigenvalue weighted by atomic mass is 9.92. The summed E-state index contributed by atoms with van der Waals surface area (Å²) in [6, 6.07) is 40.7. The van der Waals surface area contributed by atoms with Gasteiger partial charge in [0.05, 0.1) is 6.10 Å². The van der Waals surface area contributed by atoms with E-state index in [2.05, 4.69) is 83.0 Å². The number of aliphatic hydroxyl groups excluding tert-OH is 1. The van der Waals surface area contributed by atoms with E-state index in [1.165, 1.54) is 11.1 Å². The second kappa shape index (κ2) is 15.3. The Balaban J connectivity index is 1.64. The molecular weight excluding hydrogens is 520 g/mol. The van der Waals surface area contributed by atoms with Crippen LogP contribution in [-0.2, 0) is 30.7 Å². The summed E-state index contributed by atoms with van der Waals surface area (Å²) < 4.78 is 5.61. The number of hydrogen-bond donors (Lipinski definition) is 2. The molecule has 0 bridgehead atoms. The third-order valence-electron chi connectivity index (χ3n) is 7.23. The minimum atomic E-state index is -0.721. The van der Waals surface area contributed by atoms with Crippen molar-refractivity contribution in [3.63, 3.8) is 0 Å². The highest BCUT2D eigenvalue weighted by Crippen LogP contribution is 2.23. The van der Waals surface area contributed by atoms with Crippen LogP contribution >= 0.6 is 0 Å². The maximum Gasteiger partial charge on any atom is 0.407 e. The third-order valence-corrected chi connectivity index (χ3v) is 7.23. The fourth-order valence-electron chi connectivity index (χ4n) is 5.31. The van der Waals surface area contributed by atoms with E-state index in [1.807, 2.05) is 69.3 Å². The van der Waals surface area contributed by atoms with E-state index in [-0.39, 0.29) is 12.1 Å². The van der Waals surface area contributed by atoms with Gasteiger partial charge in [0, 0.05) is 25.2 Å². The number of nitrogens with zero attached hydrogens (tertiary/aromatic N) is 1. The molecule has 5 heteroatoms. The van der Waals surface area contributed by atoms with E-state index < -0.39 is 17.8 Å². The molecule has 1 amide bonds. The van der Waals surface area contributed by atoms with Crippen molar-refractivity contribution in [1.29, 1.82) is 0 Å². The molecule has 0 fully saturated rings. The van der Waals surface area contributed by atoms with E-state index in [4.69, 9.17) is 4.74 Å². The van der Waals surface area contributed by atoms with E-state index in [0.29, 0.717) is 32.4 Å². The summed E-state index contributed by atoms with van der Waals surface area (Å²) in [5.41, 5.74) is 4.01. The lowest BCUT2D eigenvalue weighted by Gasteiger charge is -2.37. The molecule has 0 aliphatic heterocycles. The average Bonchev–Trinajstić information content (AvgIpc) is 2.96. The van der Waals surface area contributed by atoms with Crippen molar-refractivity contribution >= 4 is 6.09 Å². The van der Waals surface area contributed by atoms with Crippen LogP contribution in [0.15, 0.2) is 121 Å². The number of hydrogen-bond acceptors (Lipinski definition) is 4. The third kappa shape index (κ3) is 10.5. The zero-order valence-electron chi connectivity index (χ0n) is 25.0. The van der Waals surface area contributed by atoms with Crippen molar-refractivity contribution in [2.45, 2.75) is 76.9 Å². The summed E-state index contributed by atoms with van der Waals surface area (Å²) >= 11 is 0. The number of ether oxygens (including phenoxy) is 1. The first kappa shape index (κ1) is 31.0. The van der Waals surface area contributed by atoms with Crippen LogP contribution in [0.5, 0.6) is 0 Å². The van der Waals surface area contributed by atoms with Crippen molar-refractivity contribution in [2.24, 2.45) is 0 Å². The van der Waals surface area contributed by atoms with Crippen molar-refractivity contribution in [3.8, 4) is 0 Å². The molecule has 0 saturated carbocycles. The highest BCUT2D eigenvalue weighted by molar-refractivity contribution is 5.68. The van der Waals surface area contributed by atoms with Gasteiger partial charge in [0.25, 0.3) is 0 Å². The maximum atomic E-state index is 12.9. The van der Waals surface area contributed by atoms with Crippen LogP contribution < -0.4 is 5.32 Å². The molecule has 4 aromatic carbocycles. The fourth-order valence-corrected chi connectivity index (χ4v) is 5.31. The summed E-state index contributed by atoms with van der Waals surface area (Å²) in [6.07, 6.45) is 0.451. The molecule has 4 rings (SSSR count). The predicted molar refractivity (Wildman–Crippen MR) is 170 cm³/mol. The lowest BCUT2D eigenvalue weighted by Crippen LogP contribution is -2.49. The minimum Gasteiger partial charge on any atom is -0.444 e. The van der Waals surface area contributed by atoms with Crippen LogP contribution in [0.1, 0.15) is 49.4 Å². The number of carbonyl (C=O) groups excluding carboxylic acids is 1. The van der Waals surface area contributed by atoms with Crippen molar-refractivity contribution in [1.82, 2.24) is 10.2 Å². The molecule has 2 N–H and O–H groups in total. The molecule has 3 atom stereocenters. The van der Waals surface area contributed by atoms with Crippen molar-refractivity contribution in [2.75, 3.05) is 0 Å². The van der Waals surface area contributed by atoms with E-state index >= 15 is 0 Å². The van der Waals surface area contributed by atoms with Crippen molar-refractivity contribution in [3.05, 3.63) is 144 Å². The van der Waals surface area contributed by atoms with Gasteiger partial charge in [0.15, 0.2) is 0 Å². The van der Waals surface area contributed by atoms with Crippen LogP contribution in [0, 0.1) is 0 Å². The average molecular weight is 565 g/mol. The molecule has 0 radical (unpaired) electrons. The molecular formula is C37H44N2O3. The van der Waals surface area contributed by atoms with E-state index in [0.717, 1.165) is 11.1 Å². The Labute approximate surface area is 251 Å². The smallest absolute Gasteiger partial charge is 0.407 e. The Morgan fingerprint density at radius 3 is 1.52 bits per heavy atom. The molecule has 0 saturated heterocycles. The maximum absolute atomic E-state index is 12.9. The summed E-state index contributed by atoms with van der Waals surface area (Å²) in [4.78, 5) is 15.3. The number of rotatable bonds is 13. The molecule has 0 aliphatic rings. The van der Waals surface area contributed by atoms with E-state index in [1.54, 1.807) is 0 Å². The van der Waals surface area contributed by atoms with E-state index in [9.17, 15) is 9.90 Å². The summed E-state index contributed by atoms with van der Waals surface area (Å²) in [5.74, 6) is 0. The van der Waals surface area contributed by atoms with Crippen LogP contribution in [0.4, 0.5) is 4.79 Å². The Bertz CT molecular complexity index is 1280. The van der Waals surface area contributed by atoms with Gasteiger partial charge in [-0.1, -0.05) is 121 Å². The van der Waals surface area contributed by atoms with Gasteiger partial charge < -0.3 is 15.2 Å². The molecule has 4 aromatic rings. The normalized spacial score (nSPS) is 13.7. The van der Waals surface area contributed by atoms with Gasteiger partial charge in [-0.2, -0.15) is 0 Å². The first-order valence-electron chi connectivity index (χ1n) is 14.8. The monoisotopic (exact) mass is 564 g/mol. The Hall–Kier alpha value is -3.93. The zero-order valence-corrected chi connectivity index (χ0v) is 25.0. The molecule has 0 spiro atoms. The zero-order chi connectivity index (χ0) is 29.8. The second-order valence-corrected chi connectivity index (χ2v) is 12.0. The number of alkyl carbamates (subject to hydrolysis) is 1. The number of nitrogens with one attached hydrogen (secondary N) is 1. The minimum absolute atomic E-state index is 0.202. The molecule has 0 heterocycles. The highest BCUT2D eigenvalue weighted by atomic mass is 16.6. The number of benzene rings is 4. The van der Waals surface area contributed by atoms with Crippen LogP contribution in [0.25, 0.3) is 0 Å². The molecule has 0 unspecified atom stereocenters. The van der Waals surface area contributed by atoms with Gasteiger partial charge in [0.1, 0.15) is 5.60 Å². The van der Waals surface area contributed by atoms with Crippen LogP contribution in [0.3, 0.4) is 0 Å². The van der Waals surface area contributed by atoms with Gasteiger partial charge >= 0.3 is 6.09 Å². The lowest BCUT2D eigenvalue weighted by molar-refractivity contribution is 0.0234. The Kier molecular flexibility index (Phi) is 11.3. The predicted octanol–water partition coefficient (Wildman–Crippen LogP) is 7.19. The van der Waals surface area contributed by atoms with Crippen LogP contribution in [-0.4, -0.2) is 39.9 Å². The number of aliphatic hydroxyl groups is 1. The van der Waals surface area contributed by atoms with Crippen LogP contribution in [0.2, 0.25) is 0 Å². The fraction of sp³-hybridized carbons (Fsp3) is 0.324. The first-order chi connectivity index (χ1) is 20.2. The second-order valence-electron chi connectivity index (χ2n) is 12.0.